The van der Waals surface area contributed by atoms with Crippen molar-refractivity contribution in [3.63, 3.8) is 0 Å². The molecule has 0 fully saturated rings. The van der Waals surface area contributed by atoms with Gasteiger partial charge in [0.15, 0.2) is 0 Å². The lowest BCUT2D eigenvalue weighted by Crippen LogP contribution is -2.50. The second-order valence-corrected chi connectivity index (χ2v) is 8.10. The predicted molar refractivity (Wildman–Crippen MR) is 108 cm³/mol. The molecule has 0 radical (unpaired) electrons. The number of aliphatic imine (C=N–C) groups is 1. The van der Waals surface area contributed by atoms with Gasteiger partial charge in [-0.15, -0.1) is 0 Å². The molecule has 0 bridgehead atoms. The number of guanidine groups is 1. The molecule has 2 aromatic rings. The minimum atomic E-state index is -0.995. The van der Waals surface area contributed by atoms with Gasteiger partial charge in [0.05, 0.1) is 5.56 Å². The van der Waals surface area contributed by atoms with E-state index in [1.807, 2.05) is 43.4 Å². The van der Waals surface area contributed by atoms with E-state index in [0.29, 0.717) is 13.3 Å². The fraction of sp³-hybridized carbons (Fsp3) is 0.409. The lowest BCUT2D eigenvalue weighted by atomic mass is 9.91. The van der Waals surface area contributed by atoms with Crippen molar-refractivity contribution in [2.24, 2.45) is 4.99 Å². The van der Waals surface area contributed by atoms with Crippen LogP contribution >= 0.6 is 0 Å². The SMILES string of the molecule is COCN(C1=NC2(ON1C)c1ccccc1COc1ccccc12)C(C)(C)C. The van der Waals surface area contributed by atoms with Crippen molar-refractivity contribution in [2.75, 3.05) is 20.9 Å². The van der Waals surface area contributed by atoms with E-state index in [4.69, 9.17) is 19.3 Å². The van der Waals surface area contributed by atoms with Gasteiger partial charge in [0.2, 0.25) is 11.7 Å². The van der Waals surface area contributed by atoms with Crippen LogP contribution in [-0.2, 0) is 21.9 Å². The Hall–Kier alpha value is -2.57. The number of para-hydroxylation sites is 1. The molecule has 2 heterocycles. The first-order valence-corrected chi connectivity index (χ1v) is 9.47. The highest BCUT2D eigenvalue weighted by Crippen LogP contribution is 2.47. The van der Waals surface area contributed by atoms with Crippen molar-refractivity contribution < 1.29 is 14.3 Å². The molecule has 0 saturated carbocycles. The second-order valence-electron chi connectivity index (χ2n) is 8.10. The second kappa shape index (κ2) is 6.79. The average molecular weight is 381 g/mol. The van der Waals surface area contributed by atoms with Crippen molar-refractivity contribution in [3.05, 3.63) is 65.2 Å². The minimum absolute atomic E-state index is 0.196. The minimum Gasteiger partial charge on any atom is -0.488 e. The van der Waals surface area contributed by atoms with E-state index in [0.717, 1.165) is 28.4 Å². The Morgan fingerprint density at radius 3 is 2.50 bits per heavy atom. The van der Waals surface area contributed by atoms with Gasteiger partial charge in [0.25, 0.3) is 0 Å². The van der Waals surface area contributed by atoms with Gasteiger partial charge < -0.3 is 14.4 Å². The maximum atomic E-state index is 6.51. The summed E-state index contributed by atoms with van der Waals surface area (Å²) < 4.78 is 11.6. The standard InChI is InChI=1S/C22H27N3O3/c1-21(2,3)25(15-26-5)20-23-22(28-24(20)4)17-11-7-6-10-16(17)14-27-19-13-9-8-12-18(19)22/h6-13H,14-15H2,1-5H3. The van der Waals surface area contributed by atoms with Crippen LogP contribution < -0.4 is 4.74 Å². The summed E-state index contributed by atoms with van der Waals surface area (Å²) in [5.41, 5.74) is 1.76. The third kappa shape index (κ3) is 2.93. The first-order chi connectivity index (χ1) is 13.4. The maximum Gasteiger partial charge on any atom is 0.243 e. The molecule has 0 N–H and O–H groups in total. The molecule has 0 aromatic heterocycles. The molecule has 2 aliphatic heterocycles. The summed E-state index contributed by atoms with van der Waals surface area (Å²) in [7, 11) is 3.58. The van der Waals surface area contributed by atoms with E-state index < -0.39 is 5.72 Å². The van der Waals surface area contributed by atoms with Gasteiger partial charge in [-0.25, -0.2) is 14.9 Å². The van der Waals surface area contributed by atoms with Crippen molar-refractivity contribution in [1.29, 1.82) is 0 Å². The van der Waals surface area contributed by atoms with Crippen LogP contribution in [0.4, 0.5) is 0 Å². The molecule has 0 aliphatic carbocycles. The Morgan fingerprint density at radius 2 is 1.79 bits per heavy atom. The van der Waals surface area contributed by atoms with Gasteiger partial charge >= 0.3 is 0 Å². The first kappa shape index (κ1) is 18.8. The van der Waals surface area contributed by atoms with Gasteiger partial charge in [-0.1, -0.05) is 36.4 Å². The molecule has 148 valence electrons. The van der Waals surface area contributed by atoms with Crippen LogP contribution in [0.3, 0.4) is 0 Å². The molecule has 0 saturated heterocycles. The molecular formula is C22H27N3O3. The fourth-order valence-electron chi connectivity index (χ4n) is 3.75. The summed E-state index contributed by atoms with van der Waals surface area (Å²) in [6, 6.07) is 16.1. The lowest BCUT2D eigenvalue weighted by molar-refractivity contribution is -0.158. The zero-order valence-corrected chi connectivity index (χ0v) is 17.1. The molecule has 4 rings (SSSR count). The number of rotatable bonds is 2. The number of methoxy groups -OCH3 is 1. The molecular weight excluding hydrogens is 354 g/mol. The zero-order valence-electron chi connectivity index (χ0n) is 17.1. The summed E-state index contributed by atoms with van der Waals surface area (Å²) >= 11 is 0. The number of nitrogens with zero attached hydrogens (tertiary/aromatic N) is 3. The highest BCUT2D eigenvalue weighted by atomic mass is 16.7. The molecule has 6 heteroatoms. The Bertz CT molecular complexity index is 856. The number of benzene rings is 2. The Kier molecular flexibility index (Phi) is 4.56. The normalized spacial score (nSPS) is 20.9. The Morgan fingerprint density at radius 1 is 1.11 bits per heavy atom. The van der Waals surface area contributed by atoms with E-state index in [9.17, 15) is 0 Å². The van der Waals surface area contributed by atoms with Crippen molar-refractivity contribution in [3.8, 4) is 5.75 Å². The van der Waals surface area contributed by atoms with Gasteiger partial charge in [-0.3, -0.25) is 0 Å². The Balaban J connectivity index is 1.95. The number of hydrogen-bond acceptors (Lipinski definition) is 6. The fourth-order valence-corrected chi connectivity index (χ4v) is 3.75. The van der Waals surface area contributed by atoms with E-state index in [1.165, 1.54) is 0 Å². The summed E-state index contributed by atoms with van der Waals surface area (Å²) in [6.07, 6.45) is 0. The summed E-state index contributed by atoms with van der Waals surface area (Å²) in [5.74, 6) is 1.51. The molecule has 1 atom stereocenters. The van der Waals surface area contributed by atoms with Gasteiger partial charge in [0, 0.05) is 25.3 Å². The number of hydrogen-bond donors (Lipinski definition) is 0. The van der Waals surface area contributed by atoms with E-state index in [1.54, 1.807) is 12.2 Å². The maximum absolute atomic E-state index is 6.51. The van der Waals surface area contributed by atoms with Crippen LogP contribution in [0.5, 0.6) is 5.75 Å². The molecule has 1 spiro atoms. The molecule has 1 unspecified atom stereocenters. The predicted octanol–water partition coefficient (Wildman–Crippen LogP) is 3.72. The first-order valence-electron chi connectivity index (χ1n) is 9.47. The summed E-state index contributed by atoms with van der Waals surface area (Å²) in [4.78, 5) is 13.8. The smallest absolute Gasteiger partial charge is 0.243 e. The van der Waals surface area contributed by atoms with E-state index in [-0.39, 0.29) is 5.54 Å². The van der Waals surface area contributed by atoms with Crippen LogP contribution in [0.2, 0.25) is 0 Å². The van der Waals surface area contributed by atoms with Crippen LogP contribution in [0.15, 0.2) is 53.5 Å². The third-order valence-corrected chi connectivity index (χ3v) is 5.14. The van der Waals surface area contributed by atoms with Gasteiger partial charge in [-0.2, -0.15) is 0 Å². The third-order valence-electron chi connectivity index (χ3n) is 5.14. The quantitative estimate of drug-likeness (QED) is 0.742. The summed E-state index contributed by atoms with van der Waals surface area (Å²) in [5, 5.41) is 1.74. The topological polar surface area (TPSA) is 46.5 Å². The largest absolute Gasteiger partial charge is 0.488 e. The molecule has 0 amide bonds. The van der Waals surface area contributed by atoms with Crippen LogP contribution in [0, 0.1) is 0 Å². The Labute approximate surface area is 166 Å². The van der Waals surface area contributed by atoms with Crippen molar-refractivity contribution >= 4 is 5.96 Å². The number of hydroxylamine groups is 2. The molecule has 6 nitrogen and oxygen atoms in total. The monoisotopic (exact) mass is 381 g/mol. The zero-order chi connectivity index (χ0) is 19.9. The van der Waals surface area contributed by atoms with E-state index in [2.05, 4.69) is 37.8 Å². The van der Waals surface area contributed by atoms with E-state index >= 15 is 0 Å². The number of ether oxygens (including phenoxy) is 2. The lowest BCUT2D eigenvalue weighted by Gasteiger charge is -2.37. The average Bonchev–Trinajstić information content (AvgIpc) is 2.94. The van der Waals surface area contributed by atoms with Gasteiger partial charge in [-0.05, 0) is 38.5 Å². The van der Waals surface area contributed by atoms with Crippen molar-refractivity contribution in [2.45, 2.75) is 38.6 Å². The van der Waals surface area contributed by atoms with Crippen LogP contribution in [-0.4, -0.2) is 42.3 Å². The van der Waals surface area contributed by atoms with Crippen LogP contribution in [0.25, 0.3) is 0 Å². The molecule has 2 aliphatic rings. The highest BCUT2D eigenvalue weighted by Gasteiger charge is 2.49. The molecule has 2 aromatic carbocycles. The van der Waals surface area contributed by atoms with Crippen LogP contribution in [0.1, 0.15) is 37.5 Å². The molecule has 28 heavy (non-hydrogen) atoms. The summed E-state index contributed by atoms with van der Waals surface area (Å²) in [6.45, 7) is 7.28. The van der Waals surface area contributed by atoms with Crippen molar-refractivity contribution in [1.82, 2.24) is 9.96 Å². The van der Waals surface area contributed by atoms with Gasteiger partial charge in [0.1, 0.15) is 19.1 Å². The number of fused-ring (bicyclic) bond motifs is 4. The highest BCUT2D eigenvalue weighted by molar-refractivity contribution is 5.82.